The van der Waals surface area contributed by atoms with Gasteiger partial charge in [0.05, 0.1) is 28.9 Å². The maximum absolute atomic E-state index is 13.0. The second-order valence-electron chi connectivity index (χ2n) is 5.36. The van der Waals surface area contributed by atoms with Crippen molar-refractivity contribution in [2.75, 3.05) is 11.1 Å². The second kappa shape index (κ2) is 7.83. The molecule has 0 saturated heterocycles. The lowest BCUT2D eigenvalue weighted by Crippen LogP contribution is -2.19. The van der Waals surface area contributed by atoms with Crippen molar-refractivity contribution in [2.45, 2.75) is 5.16 Å². The van der Waals surface area contributed by atoms with Crippen molar-refractivity contribution in [3.05, 3.63) is 66.1 Å². The van der Waals surface area contributed by atoms with E-state index in [1.807, 2.05) is 0 Å². The number of amides is 2. The molecule has 26 heavy (non-hydrogen) atoms. The molecule has 8 heteroatoms. The summed E-state index contributed by atoms with van der Waals surface area (Å²) in [6, 6.07) is 12.6. The molecule has 4 N–H and O–H groups in total. The fourth-order valence-corrected chi connectivity index (χ4v) is 2.93. The Morgan fingerprint density at radius 3 is 2.62 bits per heavy atom. The number of benzene rings is 2. The molecule has 0 saturated carbocycles. The quantitative estimate of drug-likeness (QED) is 0.581. The van der Waals surface area contributed by atoms with E-state index < -0.39 is 5.91 Å². The number of imidazole rings is 1. The van der Waals surface area contributed by atoms with Crippen LogP contribution in [0.25, 0.3) is 11.3 Å². The minimum atomic E-state index is -0.608. The smallest absolute Gasteiger partial charge is 0.250 e. The van der Waals surface area contributed by atoms with Crippen LogP contribution in [-0.4, -0.2) is 27.5 Å². The lowest BCUT2D eigenvalue weighted by molar-refractivity contribution is -0.113. The number of nitrogens with zero attached hydrogens (tertiary/aromatic N) is 1. The first-order valence-corrected chi connectivity index (χ1v) is 8.64. The molecule has 0 aliphatic rings. The fourth-order valence-electron chi connectivity index (χ4n) is 2.28. The van der Waals surface area contributed by atoms with Crippen LogP contribution in [0.15, 0.2) is 59.9 Å². The highest BCUT2D eigenvalue weighted by Crippen LogP contribution is 2.22. The van der Waals surface area contributed by atoms with E-state index in [0.717, 1.165) is 11.3 Å². The number of halogens is 1. The van der Waals surface area contributed by atoms with Crippen LogP contribution >= 0.6 is 11.8 Å². The third-order valence-corrected chi connectivity index (χ3v) is 4.40. The summed E-state index contributed by atoms with van der Waals surface area (Å²) in [5.41, 5.74) is 7.44. The van der Waals surface area contributed by atoms with E-state index in [1.165, 1.54) is 23.9 Å². The number of nitrogens with one attached hydrogen (secondary N) is 2. The normalized spacial score (nSPS) is 10.5. The largest absolute Gasteiger partial charge is 0.366 e. The molecule has 3 aromatic rings. The van der Waals surface area contributed by atoms with Gasteiger partial charge < -0.3 is 16.0 Å². The number of para-hydroxylation sites is 1. The van der Waals surface area contributed by atoms with Gasteiger partial charge in [0, 0.05) is 0 Å². The Balaban J connectivity index is 1.60. The van der Waals surface area contributed by atoms with Gasteiger partial charge in [0.2, 0.25) is 5.91 Å². The van der Waals surface area contributed by atoms with E-state index in [9.17, 15) is 14.0 Å². The highest BCUT2D eigenvalue weighted by atomic mass is 32.2. The molecule has 2 amide bonds. The number of aromatic amines is 1. The minimum absolute atomic E-state index is 0.101. The second-order valence-corrected chi connectivity index (χ2v) is 6.32. The number of aromatic nitrogens is 2. The summed E-state index contributed by atoms with van der Waals surface area (Å²) in [7, 11) is 0. The zero-order chi connectivity index (χ0) is 18.5. The van der Waals surface area contributed by atoms with E-state index in [1.54, 1.807) is 42.6 Å². The molecule has 1 heterocycles. The predicted octanol–water partition coefficient (Wildman–Crippen LogP) is 3.05. The molecule has 6 nitrogen and oxygen atoms in total. The summed E-state index contributed by atoms with van der Waals surface area (Å²) < 4.78 is 13.0. The summed E-state index contributed by atoms with van der Waals surface area (Å²) in [5.74, 6) is -1.11. The van der Waals surface area contributed by atoms with Crippen molar-refractivity contribution in [3.8, 4) is 11.3 Å². The standard InChI is InChI=1S/C18H15FN4O2S/c19-12-7-5-11(6-8-12)15-9-21-18(23-15)26-10-16(24)22-14-4-2-1-3-13(14)17(20)25/h1-9H,10H2,(H2,20,25)(H,21,23)(H,22,24). The summed E-state index contributed by atoms with van der Waals surface area (Å²) >= 11 is 1.21. The number of carbonyl (C=O) groups excluding carboxylic acids is 2. The maximum atomic E-state index is 13.0. The first kappa shape index (κ1) is 17.7. The van der Waals surface area contributed by atoms with Crippen molar-refractivity contribution in [1.82, 2.24) is 9.97 Å². The number of rotatable bonds is 6. The Morgan fingerprint density at radius 1 is 1.15 bits per heavy atom. The lowest BCUT2D eigenvalue weighted by atomic mass is 10.1. The molecular formula is C18H15FN4O2S. The van der Waals surface area contributed by atoms with Gasteiger partial charge in [0.1, 0.15) is 5.82 Å². The van der Waals surface area contributed by atoms with Crippen LogP contribution in [0.3, 0.4) is 0 Å². The third-order valence-electron chi connectivity index (χ3n) is 3.51. The Kier molecular flexibility index (Phi) is 5.33. The zero-order valence-electron chi connectivity index (χ0n) is 13.5. The highest BCUT2D eigenvalue weighted by molar-refractivity contribution is 7.99. The average molecular weight is 370 g/mol. The van der Waals surface area contributed by atoms with Gasteiger partial charge >= 0.3 is 0 Å². The van der Waals surface area contributed by atoms with Gasteiger partial charge in [0.25, 0.3) is 5.91 Å². The number of hydrogen-bond acceptors (Lipinski definition) is 4. The monoisotopic (exact) mass is 370 g/mol. The molecular weight excluding hydrogens is 355 g/mol. The molecule has 0 spiro atoms. The zero-order valence-corrected chi connectivity index (χ0v) is 14.3. The molecule has 0 aliphatic heterocycles. The van der Waals surface area contributed by atoms with Crippen LogP contribution in [0.4, 0.5) is 10.1 Å². The number of H-pyrrole nitrogens is 1. The van der Waals surface area contributed by atoms with Crippen LogP contribution in [-0.2, 0) is 4.79 Å². The molecule has 0 unspecified atom stereocenters. The summed E-state index contributed by atoms with van der Waals surface area (Å²) in [5, 5.41) is 3.22. The van der Waals surface area contributed by atoms with Gasteiger partial charge in [-0.3, -0.25) is 9.59 Å². The van der Waals surface area contributed by atoms with Gasteiger partial charge in [-0.25, -0.2) is 9.37 Å². The van der Waals surface area contributed by atoms with E-state index >= 15 is 0 Å². The SMILES string of the molecule is NC(=O)c1ccccc1NC(=O)CSc1ncc(-c2ccc(F)cc2)[nH]1. The van der Waals surface area contributed by atoms with Crippen LogP contribution < -0.4 is 11.1 Å². The number of thioether (sulfide) groups is 1. The van der Waals surface area contributed by atoms with Gasteiger partial charge in [-0.05, 0) is 42.0 Å². The minimum Gasteiger partial charge on any atom is -0.366 e. The van der Waals surface area contributed by atoms with E-state index in [4.69, 9.17) is 5.73 Å². The Labute approximate surface area is 153 Å². The lowest BCUT2D eigenvalue weighted by Gasteiger charge is -2.08. The van der Waals surface area contributed by atoms with Gasteiger partial charge in [0.15, 0.2) is 5.16 Å². The van der Waals surface area contributed by atoms with Crippen molar-refractivity contribution in [1.29, 1.82) is 0 Å². The molecule has 0 aliphatic carbocycles. The maximum Gasteiger partial charge on any atom is 0.250 e. The Hall–Kier alpha value is -3.13. The first-order valence-electron chi connectivity index (χ1n) is 7.65. The molecule has 2 aromatic carbocycles. The van der Waals surface area contributed by atoms with Gasteiger partial charge in [-0.2, -0.15) is 0 Å². The number of anilines is 1. The van der Waals surface area contributed by atoms with Crippen LogP contribution in [0.5, 0.6) is 0 Å². The molecule has 0 atom stereocenters. The fraction of sp³-hybridized carbons (Fsp3) is 0.0556. The summed E-state index contributed by atoms with van der Waals surface area (Å²) in [6.45, 7) is 0. The Bertz CT molecular complexity index is 940. The summed E-state index contributed by atoms with van der Waals surface area (Å²) in [6.07, 6.45) is 1.62. The van der Waals surface area contributed by atoms with Gasteiger partial charge in [-0.15, -0.1) is 0 Å². The molecule has 132 valence electrons. The number of carbonyl (C=O) groups is 2. The van der Waals surface area contributed by atoms with E-state index in [-0.39, 0.29) is 23.0 Å². The first-order chi connectivity index (χ1) is 12.5. The van der Waals surface area contributed by atoms with E-state index in [2.05, 4.69) is 15.3 Å². The molecule has 0 fully saturated rings. The van der Waals surface area contributed by atoms with Crippen molar-refractivity contribution < 1.29 is 14.0 Å². The predicted molar refractivity (Wildman–Crippen MR) is 98.3 cm³/mol. The average Bonchev–Trinajstić information content (AvgIpc) is 3.10. The van der Waals surface area contributed by atoms with Crippen molar-refractivity contribution >= 4 is 29.3 Å². The van der Waals surface area contributed by atoms with Crippen LogP contribution in [0.2, 0.25) is 0 Å². The number of primary amides is 1. The topological polar surface area (TPSA) is 101 Å². The van der Waals surface area contributed by atoms with Crippen molar-refractivity contribution in [3.63, 3.8) is 0 Å². The molecule has 1 aromatic heterocycles. The highest BCUT2D eigenvalue weighted by Gasteiger charge is 2.11. The van der Waals surface area contributed by atoms with Crippen LogP contribution in [0, 0.1) is 5.82 Å². The third kappa shape index (κ3) is 4.28. The van der Waals surface area contributed by atoms with E-state index in [0.29, 0.717) is 10.8 Å². The Morgan fingerprint density at radius 2 is 1.88 bits per heavy atom. The summed E-state index contributed by atoms with van der Waals surface area (Å²) in [4.78, 5) is 30.7. The number of hydrogen-bond donors (Lipinski definition) is 3. The van der Waals surface area contributed by atoms with Crippen LogP contribution in [0.1, 0.15) is 10.4 Å². The molecule has 0 bridgehead atoms. The molecule has 3 rings (SSSR count). The van der Waals surface area contributed by atoms with Crippen molar-refractivity contribution in [2.24, 2.45) is 5.73 Å². The number of nitrogens with two attached hydrogens (primary N) is 1. The molecule has 0 radical (unpaired) electrons. The van der Waals surface area contributed by atoms with Gasteiger partial charge in [-0.1, -0.05) is 23.9 Å².